The molecule has 1 atom stereocenters. The monoisotopic (exact) mass is 298 g/mol. The van der Waals surface area contributed by atoms with Gasteiger partial charge in [0.1, 0.15) is 5.92 Å². The summed E-state index contributed by atoms with van der Waals surface area (Å²) in [5.41, 5.74) is 2.73. The molecule has 110 valence electrons. The van der Waals surface area contributed by atoms with Gasteiger partial charge < -0.3 is 0 Å². The number of aromatic nitrogens is 2. The van der Waals surface area contributed by atoms with Crippen molar-refractivity contribution < 1.29 is 0 Å². The van der Waals surface area contributed by atoms with Gasteiger partial charge in [0.05, 0.1) is 17.7 Å². The summed E-state index contributed by atoms with van der Waals surface area (Å²) in [7, 11) is 0. The first-order valence-corrected chi connectivity index (χ1v) is 7.35. The van der Waals surface area contributed by atoms with Crippen molar-refractivity contribution in [2.24, 2.45) is 5.92 Å². The molecule has 23 heavy (non-hydrogen) atoms. The first-order valence-electron chi connectivity index (χ1n) is 7.35. The van der Waals surface area contributed by atoms with E-state index in [1.54, 1.807) is 12.4 Å². The van der Waals surface area contributed by atoms with Crippen molar-refractivity contribution in [1.29, 1.82) is 10.5 Å². The summed E-state index contributed by atoms with van der Waals surface area (Å²) in [5.74, 6) is -0.938. The van der Waals surface area contributed by atoms with E-state index in [9.17, 15) is 10.5 Å². The fourth-order valence-corrected chi connectivity index (χ4v) is 2.69. The van der Waals surface area contributed by atoms with Gasteiger partial charge in [-0.05, 0) is 36.2 Å². The van der Waals surface area contributed by atoms with Crippen LogP contribution in [0.15, 0.2) is 60.9 Å². The standard InChI is InChI=1S/C19H14N4/c20-12-16(13-21)18(14-7-9-22-10-8-14)11-17-6-5-15-3-1-2-4-19(15)23-17/h1-10,16,18H,11H2. The lowest BCUT2D eigenvalue weighted by atomic mass is 9.84. The molecule has 4 nitrogen and oxygen atoms in total. The zero-order chi connectivity index (χ0) is 16.1. The number of pyridine rings is 2. The zero-order valence-corrected chi connectivity index (χ0v) is 12.4. The Morgan fingerprint density at radius 3 is 2.39 bits per heavy atom. The van der Waals surface area contributed by atoms with E-state index in [2.05, 4.69) is 22.1 Å². The molecule has 0 radical (unpaired) electrons. The predicted molar refractivity (Wildman–Crippen MR) is 87.1 cm³/mol. The number of fused-ring (bicyclic) bond motifs is 1. The third-order valence-corrected chi connectivity index (χ3v) is 3.90. The van der Waals surface area contributed by atoms with Gasteiger partial charge in [0.2, 0.25) is 0 Å². The molecule has 0 saturated carbocycles. The molecule has 0 spiro atoms. The highest BCUT2D eigenvalue weighted by molar-refractivity contribution is 5.78. The second kappa shape index (κ2) is 6.68. The van der Waals surface area contributed by atoms with E-state index >= 15 is 0 Å². The Morgan fingerprint density at radius 1 is 0.913 bits per heavy atom. The van der Waals surface area contributed by atoms with Crippen LogP contribution in [0.1, 0.15) is 17.2 Å². The van der Waals surface area contributed by atoms with Crippen LogP contribution in [0.3, 0.4) is 0 Å². The molecular weight excluding hydrogens is 284 g/mol. The van der Waals surface area contributed by atoms with Crippen LogP contribution in [0.4, 0.5) is 0 Å². The number of nitrogens with zero attached hydrogens (tertiary/aromatic N) is 4. The number of rotatable bonds is 4. The Balaban J connectivity index is 1.97. The quantitative estimate of drug-likeness (QED) is 0.737. The maximum absolute atomic E-state index is 9.30. The van der Waals surface area contributed by atoms with Crippen LogP contribution >= 0.6 is 0 Å². The highest BCUT2D eigenvalue weighted by Crippen LogP contribution is 2.28. The fourth-order valence-electron chi connectivity index (χ4n) is 2.69. The second-order valence-corrected chi connectivity index (χ2v) is 5.32. The van der Waals surface area contributed by atoms with Crippen molar-refractivity contribution in [3.05, 3.63) is 72.2 Å². The lowest BCUT2D eigenvalue weighted by Crippen LogP contribution is -2.13. The molecule has 3 aromatic rings. The Labute approximate surface area is 134 Å². The van der Waals surface area contributed by atoms with E-state index in [-0.39, 0.29) is 5.92 Å². The summed E-state index contributed by atoms with van der Waals surface area (Å²) in [6, 6.07) is 19.8. The van der Waals surface area contributed by atoms with Crippen LogP contribution in [-0.4, -0.2) is 9.97 Å². The zero-order valence-electron chi connectivity index (χ0n) is 12.4. The molecule has 0 N–H and O–H groups in total. The summed E-state index contributed by atoms with van der Waals surface area (Å²) in [6.07, 6.45) is 3.91. The van der Waals surface area contributed by atoms with Crippen molar-refractivity contribution in [2.45, 2.75) is 12.3 Å². The van der Waals surface area contributed by atoms with Crippen molar-refractivity contribution in [1.82, 2.24) is 9.97 Å². The van der Waals surface area contributed by atoms with Crippen molar-refractivity contribution >= 4 is 10.9 Å². The molecule has 1 unspecified atom stereocenters. The molecule has 0 amide bonds. The topological polar surface area (TPSA) is 73.4 Å². The van der Waals surface area contributed by atoms with Crippen LogP contribution in [0.5, 0.6) is 0 Å². The summed E-state index contributed by atoms with van der Waals surface area (Å²) >= 11 is 0. The van der Waals surface area contributed by atoms with Gasteiger partial charge in [0.25, 0.3) is 0 Å². The lowest BCUT2D eigenvalue weighted by molar-refractivity contribution is 0.600. The molecule has 3 rings (SSSR count). The SMILES string of the molecule is N#CC(C#N)C(Cc1ccc2ccccc2n1)c1ccncc1. The van der Waals surface area contributed by atoms with Crippen LogP contribution < -0.4 is 0 Å². The third-order valence-electron chi connectivity index (χ3n) is 3.90. The van der Waals surface area contributed by atoms with Crippen molar-refractivity contribution in [2.75, 3.05) is 0 Å². The molecule has 2 heterocycles. The summed E-state index contributed by atoms with van der Waals surface area (Å²) in [5, 5.41) is 19.7. The van der Waals surface area contributed by atoms with Gasteiger partial charge >= 0.3 is 0 Å². The van der Waals surface area contributed by atoms with Crippen molar-refractivity contribution in [3.63, 3.8) is 0 Å². The minimum absolute atomic E-state index is 0.221. The number of nitriles is 2. The molecule has 2 aromatic heterocycles. The Bertz CT molecular complexity index is 876. The maximum Gasteiger partial charge on any atom is 0.140 e. The van der Waals surface area contributed by atoms with Gasteiger partial charge in [0, 0.05) is 29.4 Å². The fraction of sp³-hybridized carbons (Fsp3) is 0.158. The first-order chi connectivity index (χ1) is 11.3. The molecule has 0 aliphatic rings. The van der Waals surface area contributed by atoms with Gasteiger partial charge in [0.15, 0.2) is 0 Å². The van der Waals surface area contributed by atoms with E-state index in [0.717, 1.165) is 22.2 Å². The summed E-state index contributed by atoms with van der Waals surface area (Å²) in [4.78, 5) is 8.66. The van der Waals surface area contributed by atoms with E-state index in [1.807, 2.05) is 48.5 Å². The molecule has 0 saturated heterocycles. The average molecular weight is 298 g/mol. The Hall–Kier alpha value is -3.24. The predicted octanol–water partition coefficient (Wildman–Crippen LogP) is 3.62. The first kappa shape index (κ1) is 14.7. The molecular formula is C19H14N4. The van der Waals surface area contributed by atoms with Gasteiger partial charge in [-0.25, -0.2) is 0 Å². The van der Waals surface area contributed by atoms with E-state index in [4.69, 9.17) is 0 Å². The normalized spacial score (nSPS) is 11.8. The molecule has 4 heteroatoms. The van der Waals surface area contributed by atoms with Gasteiger partial charge in [-0.2, -0.15) is 10.5 Å². The molecule has 0 fully saturated rings. The summed E-state index contributed by atoms with van der Waals surface area (Å²) in [6.45, 7) is 0. The third kappa shape index (κ3) is 3.17. The Kier molecular flexibility index (Phi) is 4.27. The molecule has 0 aliphatic carbocycles. The highest BCUT2D eigenvalue weighted by Gasteiger charge is 2.24. The van der Waals surface area contributed by atoms with Gasteiger partial charge in [-0.1, -0.05) is 24.3 Å². The van der Waals surface area contributed by atoms with E-state index in [1.165, 1.54) is 0 Å². The minimum Gasteiger partial charge on any atom is -0.265 e. The number of hydrogen-bond donors (Lipinski definition) is 0. The maximum atomic E-state index is 9.30. The second-order valence-electron chi connectivity index (χ2n) is 5.32. The number of benzene rings is 1. The highest BCUT2D eigenvalue weighted by atomic mass is 14.7. The average Bonchev–Trinajstić information content (AvgIpc) is 2.62. The van der Waals surface area contributed by atoms with E-state index in [0.29, 0.717) is 6.42 Å². The minimum atomic E-state index is -0.717. The van der Waals surface area contributed by atoms with Crippen LogP contribution in [0.25, 0.3) is 10.9 Å². The van der Waals surface area contributed by atoms with Crippen molar-refractivity contribution in [3.8, 4) is 12.1 Å². The Morgan fingerprint density at radius 2 is 1.65 bits per heavy atom. The van der Waals surface area contributed by atoms with Crippen LogP contribution in [0.2, 0.25) is 0 Å². The van der Waals surface area contributed by atoms with Crippen LogP contribution in [-0.2, 0) is 6.42 Å². The van der Waals surface area contributed by atoms with E-state index < -0.39 is 5.92 Å². The largest absolute Gasteiger partial charge is 0.265 e. The molecule has 0 aliphatic heterocycles. The van der Waals surface area contributed by atoms with Gasteiger partial charge in [-0.15, -0.1) is 0 Å². The molecule has 0 bridgehead atoms. The number of para-hydroxylation sites is 1. The van der Waals surface area contributed by atoms with Crippen LogP contribution in [0, 0.1) is 28.6 Å². The lowest BCUT2D eigenvalue weighted by Gasteiger charge is -2.17. The van der Waals surface area contributed by atoms with Gasteiger partial charge in [-0.3, -0.25) is 9.97 Å². The smallest absolute Gasteiger partial charge is 0.140 e. The number of hydrogen-bond acceptors (Lipinski definition) is 4. The summed E-state index contributed by atoms with van der Waals surface area (Å²) < 4.78 is 0. The molecule has 1 aromatic carbocycles.